The normalized spacial score (nSPS) is 20.2. The van der Waals surface area contributed by atoms with Crippen LogP contribution in [0.1, 0.15) is 49.5 Å². The first kappa shape index (κ1) is 13.6. The predicted molar refractivity (Wildman–Crippen MR) is 75.7 cm³/mol. The van der Waals surface area contributed by atoms with Crippen molar-refractivity contribution in [1.29, 1.82) is 0 Å². The van der Waals surface area contributed by atoms with E-state index in [4.69, 9.17) is 0 Å². The maximum absolute atomic E-state index is 11.9. The quantitative estimate of drug-likeness (QED) is 0.873. The molecule has 110 valence electrons. The summed E-state index contributed by atoms with van der Waals surface area (Å²) in [6.07, 6.45) is 5.72. The van der Waals surface area contributed by atoms with Gasteiger partial charge in [-0.2, -0.15) is 0 Å². The van der Waals surface area contributed by atoms with Crippen molar-refractivity contribution >= 4 is 0 Å². The standard InChI is InChI=1S/C15H22N2O3/c18-10-12-8-14(19)15(20)13(17(12)11-4-5-11)9-16-6-2-1-3-7-16/h8,11,18,20H,1-7,9-10H2. The molecular weight excluding hydrogens is 256 g/mol. The minimum Gasteiger partial charge on any atom is -0.503 e. The first-order valence-electron chi connectivity index (χ1n) is 7.50. The Hall–Kier alpha value is -1.33. The van der Waals surface area contributed by atoms with Crippen LogP contribution in [0.4, 0.5) is 0 Å². The van der Waals surface area contributed by atoms with E-state index in [-0.39, 0.29) is 17.8 Å². The van der Waals surface area contributed by atoms with Gasteiger partial charge in [-0.3, -0.25) is 9.69 Å². The van der Waals surface area contributed by atoms with Crippen LogP contribution in [0, 0.1) is 0 Å². The maximum atomic E-state index is 11.9. The van der Waals surface area contributed by atoms with E-state index in [1.807, 2.05) is 4.57 Å². The molecule has 0 unspecified atom stereocenters. The van der Waals surface area contributed by atoms with Gasteiger partial charge in [0.1, 0.15) is 0 Å². The molecule has 0 spiro atoms. The molecule has 0 amide bonds. The van der Waals surface area contributed by atoms with Crippen molar-refractivity contribution < 1.29 is 10.2 Å². The zero-order valence-electron chi connectivity index (χ0n) is 11.7. The summed E-state index contributed by atoms with van der Waals surface area (Å²) < 4.78 is 1.99. The van der Waals surface area contributed by atoms with Crippen LogP contribution in [-0.4, -0.2) is 32.8 Å². The Balaban J connectivity index is 1.97. The summed E-state index contributed by atoms with van der Waals surface area (Å²) in [6, 6.07) is 1.70. The molecule has 2 heterocycles. The molecule has 1 saturated heterocycles. The number of aliphatic hydroxyl groups is 1. The van der Waals surface area contributed by atoms with Crippen LogP contribution in [0.5, 0.6) is 5.75 Å². The lowest BCUT2D eigenvalue weighted by Gasteiger charge is -2.28. The van der Waals surface area contributed by atoms with E-state index >= 15 is 0 Å². The predicted octanol–water partition coefficient (Wildman–Crippen LogP) is 1.37. The highest BCUT2D eigenvalue weighted by molar-refractivity contribution is 5.31. The number of rotatable bonds is 4. The third kappa shape index (κ3) is 2.60. The van der Waals surface area contributed by atoms with Gasteiger partial charge >= 0.3 is 0 Å². The summed E-state index contributed by atoms with van der Waals surface area (Å²) >= 11 is 0. The highest BCUT2D eigenvalue weighted by Crippen LogP contribution is 2.38. The van der Waals surface area contributed by atoms with E-state index in [1.165, 1.54) is 25.3 Å². The Morgan fingerprint density at radius 3 is 2.50 bits per heavy atom. The monoisotopic (exact) mass is 278 g/mol. The zero-order chi connectivity index (χ0) is 14.1. The average Bonchev–Trinajstić information content (AvgIpc) is 3.29. The second kappa shape index (κ2) is 5.58. The third-order valence-corrected chi connectivity index (χ3v) is 4.30. The summed E-state index contributed by atoms with van der Waals surface area (Å²) in [6.45, 7) is 2.48. The van der Waals surface area contributed by atoms with Gasteiger partial charge in [-0.25, -0.2) is 0 Å². The molecule has 5 nitrogen and oxygen atoms in total. The number of piperidine rings is 1. The molecule has 1 aromatic rings. The summed E-state index contributed by atoms with van der Waals surface area (Å²) in [4.78, 5) is 14.2. The SMILES string of the molecule is O=c1cc(CO)n(C2CC2)c(CN2CCCCC2)c1O. The number of nitrogens with zero attached hydrogens (tertiary/aromatic N) is 2. The molecule has 2 aliphatic rings. The Morgan fingerprint density at radius 2 is 1.90 bits per heavy atom. The second-order valence-electron chi connectivity index (χ2n) is 5.89. The van der Waals surface area contributed by atoms with Gasteiger partial charge in [-0.1, -0.05) is 6.42 Å². The number of hydrogen-bond acceptors (Lipinski definition) is 4. The van der Waals surface area contributed by atoms with Crippen LogP contribution in [0.25, 0.3) is 0 Å². The summed E-state index contributed by atoms with van der Waals surface area (Å²) in [7, 11) is 0. The van der Waals surface area contributed by atoms with Crippen molar-refractivity contribution in [2.45, 2.75) is 51.3 Å². The lowest BCUT2D eigenvalue weighted by atomic mass is 10.1. The largest absolute Gasteiger partial charge is 0.503 e. The fourth-order valence-corrected chi connectivity index (χ4v) is 3.11. The minimum absolute atomic E-state index is 0.139. The molecule has 1 aliphatic heterocycles. The van der Waals surface area contributed by atoms with Crippen molar-refractivity contribution in [3.8, 4) is 5.75 Å². The molecule has 1 aliphatic carbocycles. The summed E-state index contributed by atoms with van der Waals surface area (Å²) in [5, 5.41) is 19.6. The molecule has 3 rings (SSSR count). The lowest BCUT2D eigenvalue weighted by molar-refractivity contribution is 0.209. The van der Waals surface area contributed by atoms with Crippen molar-refractivity contribution in [3.63, 3.8) is 0 Å². The molecular formula is C15H22N2O3. The smallest absolute Gasteiger partial charge is 0.223 e. The van der Waals surface area contributed by atoms with E-state index in [0.717, 1.165) is 25.9 Å². The van der Waals surface area contributed by atoms with Gasteiger partial charge in [0.15, 0.2) is 5.75 Å². The van der Waals surface area contributed by atoms with E-state index in [2.05, 4.69) is 4.90 Å². The van der Waals surface area contributed by atoms with Gasteiger partial charge in [0, 0.05) is 24.3 Å². The van der Waals surface area contributed by atoms with E-state index in [9.17, 15) is 15.0 Å². The topological polar surface area (TPSA) is 65.7 Å². The average molecular weight is 278 g/mol. The van der Waals surface area contributed by atoms with Crippen LogP contribution in [0.3, 0.4) is 0 Å². The van der Waals surface area contributed by atoms with Crippen LogP contribution in [0.15, 0.2) is 10.9 Å². The first-order chi connectivity index (χ1) is 9.70. The molecule has 20 heavy (non-hydrogen) atoms. The second-order valence-corrected chi connectivity index (χ2v) is 5.89. The lowest BCUT2D eigenvalue weighted by Crippen LogP contribution is -2.31. The van der Waals surface area contributed by atoms with Crippen LogP contribution >= 0.6 is 0 Å². The van der Waals surface area contributed by atoms with Gasteiger partial charge in [0.25, 0.3) is 0 Å². The zero-order valence-corrected chi connectivity index (χ0v) is 11.7. The number of aromatic hydroxyl groups is 1. The van der Waals surface area contributed by atoms with E-state index < -0.39 is 0 Å². The van der Waals surface area contributed by atoms with Gasteiger partial charge in [0.05, 0.1) is 12.3 Å². The number of aromatic nitrogens is 1. The minimum atomic E-state index is -0.377. The molecule has 0 radical (unpaired) electrons. The Kier molecular flexibility index (Phi) is 3.81. The highest BCUT2D eigenvalue weighted by atomic mass is 16.3. The first-order valence-corrected chi connectivity index (χ1v) is 7.50. The molecule has 2 fully saturated rings. The van der Waals surface area contributed by atoms with Crippen molar-refractivity contribution in [1.82, 2.24) is 9.47 Å². The van der Waals surface area contributed by atoms with Gasteiger partial charge in [-0.05, 0) is 38.8 Å². The highest BCUT2D eigenvalue weighted by Gasteiger charge is 2.29. The van der Waals surface area contributed by atoms with Crippen molar-refractivity contribution in [2.75, 3.05) is 13.1 Å². The number of likely N-dealkylation sites (tertiary alicyclic amines) is 1. The maximum Gasteiger partial charge on any atom is 0.223 e. The summed E-state index contributed by atoms with van der Waals surface area (Å²) in [5.74, 6) is -0.139. The van der Waals surface area contributed by atoms with Crippen LogP contribution < -0.4 is 5.43 Å². The van der Waals surface area contributed by atoms with Crippen LogP contribution in [-0.2, 0) is 13.2 Å². The Morgan fingerprint density at radius 1 is 1.20 bits per heavy atom. The molecule has 0 aromatic carbocycles. The fraction of sp³-hybridized carbons (Fsp3) is 0.667. The summed E-state index contributed by atoms with van der Waals surface area (Å²) in [5.41, 5.74) is 0.936. The third-order valence-electron chi connectivity index (χ3n) is 4.30. The van der Waals surface area contributed by atoms with Crippen molar-refractivity contribution in [2.24, 2.45) is 0 Å². The molecule has 5 heteroatoms. The molecule has 1 aromatic heterocycles. The van der Waals surface area contributed by atoms with Gasteiger partial charge in [0.2, 0.25) is 5.43 Å². The number of hydrogen-bond donors (Lipinski definition) is 2. The Labute approximate surface area is 118 Å². The van der Waals surface area contributed by atoms with Crippen LogP contribution in [0.2, 0.25) is 0 Å². The molecule has 0 bridgehead atoms. The van der Waals surface area contributed by atoms with E-state index in [1.54, 1.807) is 0 Å². The van der Waals surface area contributed by atoms with Crippen molar-refractivity contribution in [3.05, 3.63) is 27.7 Å². The molecule has 1 saturated carbocycles. The number of pyridine rings is 1. The Bertz CT molecular complexity index is 543. The number of aliphatic hydroxyl groups excluding tert-OH is 1. The molecule has 0 atom stereocenters. The van der Waals surface area contributed by atoms with E-state index in [0.29, 0.717) is 24.0 Å². The van der Waals surface area contributed by atoms with Gasteiger partial charge < -0.3 is 14.8 Å². The molecule has 2 N–H and O–H groups in total. The fourth-order valence-electron chi connectivity index (χ4n) is 3.11. The van der Waals surface area contributed by atoms with Gasteiger partial charge in [-0.15, -0.1) is 0 Å².